The van der Waals surface area contributed by atoms with Crippen molar-refractivity contribution >= 4 is 0 Å². The third-order valence-corrected chi connectivity index (χ3v) is 1.58. The average molecular weight is 176 g/mol. The fourth-order valence-electron chi connectivity index (χ4n) is 0.977. The van der Waals surface area contributed by atoms with Crippen LogP contribution in [0.5, 0.6) is 5.75 Å². The van der Waals surface area contributed by atoms with Crippen LogP contribution in [0.25, 0.3) is 5.69 Å². The molecule has 0 spiro atoms. The van der Waals surface area contributed by atoms with Gasteiger partial charge in [-0.05, 0) is 0 Å². The maximum atomic E-state index is 5.02. The number of aromatic nitrogens is 4. The Morgan fingerprint density at radius 1 is 1.23 bits per heavy atom. The van der Waals surface area contributed by atoms with Crippen LogP contribution in [0.2, 0.25) is 0 Å². The molecular formula is C8H8N4O. The lowest BCUT2D eigenvalue weighted by molar-refractivity contribution is 0.412. The van der Waals surface area contributed by atoms with Gasteiger partial charge in [0.25, 0.3) is 0 Å². The first-order valence-corrected chi connectivity index (χ1v) is 3.76. The Hall–Kier alpha value is -1.91. The van der Waals surface area contributed by atoms with E-state index < -0.39 is 0 Å². The first kappa shape index (κ1) is 7.72. The topological polar surface area (TPSA) is 52.8 Å². The van der Waals surface area contributed by atoms with Gasteiger partial charge in [-0.25, -0.2) is 0 Å². The van der Waals surface area contributed by atoms with Crippen molar-refractivity contribution in [3.8, 4) is 11.4 Å². The fourth-order valence-corrected chi connectivity index (χ4v) is 0.977. The minimum Gasteiger partial charge on any atom is -0.495 e. The molecule has 0 bridgehead atoms. The van der Waals surface area contributed by atoms with Crippen LogP contribution in [0.3, 0.4) is 0 Å². The second-order valence-corrected chi connectivity index (χ2v) is 2.40. The van der Waals surface area contributed by atoms with Gasteiger partial charge in [0.2, 0.25) is 0 Å². The molecule has 2 rings (SSSR count). The highest BCUT2D eigenvalue weighted by molar-refractivity contribution is 5.33. The minimum absolute atomic E-state index is 0.690. The quantitative estimate of drug-likeness (QED) is 0.674. The highest BCUT2D eigenvalue weighted by Gasteiger charge is 1.99. The molecule has 0 aromatic carbocycles. The van der Waals surface area contributed by atoms with Gasteiger partial charge in [0.05, 0.1) is 31.9 Å². The van der Waals surface area contributed by atoms with Crippen LogP contribution in [0.4, 0.5) is 0 Å². The zero-order valence-electron chi connectivity index (χ0n) is 7.08. The van der Waals surface area contributed by atoms with Gasteiger partial charge in [0, 0.05) is 6.07 Å². The number of rotatable bonds is 2. The summed E-state index contributed by atoms with van der Waals surface area (Å²) in [6.45, 7) is 0. The second-order valence-electron chi connectivity index (χ2n) is 2.40. The van der Waals surface area contributed by atoms with Gasteiger partial charge in [-0.15, -0.1) is 4.80 Å². The van der Waals surface area contributed by atoms with Crippen LogP contribution < -0.4 is 4.74 Å². The molecule has 2 heterocycles. The Bertz CT molecular complexity index is 385. The lowest BCUT2D eigenvalue weighted by Gasteiger charge is -2.01. The number of ether oxygens (including phenoxy) is 1. The van der Waals surface area contributed by atoms with Crippen molar-refractivity contribution in [2.24, 2.45) is 0 Å². The molecule has 0 saturated heterocycles. The predicted molar refractivity (Wildman–Crippen MR) is 45.7 cm³/mol. The largest absolute Gasteiger partial charge is 0.495 e. The summed E-state index contributed by atoms with van der Waals surface area (Å²) in [6, 6.07) is 1.81. The van der Waals surface area contributed by atoms with Gasteiger partial charge in [-0.2, -0.15) is 10.2 Å². The zero-order valence-corrected chi connectivity index (χ0v) is 7.08. The van der Waals surface area contributed by atoms with Crippen molar-refractivity contribution in [1.29, 1.82) is 0 Å². The number of nitrogens with zero attached hydrogens (tertiary/aromatic N) is 4. The molecule has 0 atom stereocenters. The smallest absolute Gasteiger partial charge is 0.139 e. The van der Waals surface area contributed by atoms with E-state index in [1.165, 1.54) is 4.80 Å². The molecule has 0 radical (unpaired) electrons. The van der Waals surface area contributed by atoms with Crippen LogP contribution in [0, 0.1) is 0 Å². The SMILES string of the molecule is COc1cncc(-n2nccn2)c1. The van der Waals surface area contributed by atoms with Crippen molar-refractivity contribution < 1.29 is 4.74 Å². The molecule has 0 unspecified atom stereocenters. The highest BCUT2D eigenvalue weighted by Crippen LogP contribution is 2.11. The molecule has 0 aliphatic rings. The van der Waals surface area contributed by atoms with Crippen LogP contribution in [-0.2, 0) is 0 Å². The van der Waals surface area contributed by atoms with Gasteiger partial charge < -0.3 is 4.74 Å². The Morgan fingerprint density at radius 2 is 2.00 bits per heavy atom. The van der Waals surface area contributed by atoms with E-state index in [4.69, 9.17) is 4.74 Å². The summed E-state index contributed by atoms with van der Waals surface area (Å²) >= 11 is 0. The fraction of sp³-hybridized carbons (Fsp3) is 0.125. The van der Waals surface area contributed by atoms with Crippen LogP contribution >= 0.6 is 0 Å². The Morgan fingerprint density at radius 3 is 2.69 bits per heavy atom. The van der Waals surface area contributed by atoms with Gasteiger partial charge in [-0.1, -0.05) is 0 Å². The third kappa shape index (κ3) is 1.48. The molecule has 5 heteroatoms. The van der Waals surface area contributed by atoms with E-state index >= 15 is 0 Å². The maximum Gasteiger partial charge on any atom is 0.139 e. The van der Waals surface area contributed by atoms with Crippen molar-refractivity contribution in [3.05, 3.63) is 30.9 Å². The molecule has 5 nitrogen and oxygen atoms in total. The van der Waals surface area contributed by atoms with E-state index in [0.29, 0.717) is 5.75 Å². The monoisotopic (exact) mass is 176 g/mol. The van der Waals surface area contributed by atoms with Crippen LogP contribution in [-0.4, -0.2) is 27.1 Å². The van der Waals surface area contributed by atoms with Crippen LogP contribution in [0.15, 0.2) is 30.9 Å². The van der Waals surface area contributed by atoms with Crippen molar-refractivity contribution in [2.45, 2.75) is 0 Å². The summed E-state index contributed by atoms with van der Waals surface area (Å²) in [7, 11) is 1.59. The van der Waals surface area contributed by atoms with E-state index in [1.807, 2.05) is 6.07 Å². The van der Waals surface area contributed by atoms with E-state index in [1.54, 1.807) is 31.9 Å². The van der Waals surface area contributed by atoms with Gasteiger partial charge in [0.15, 0.2) is 0 Å². The third-order valence-electron chi connectivity index (χ3n) is 1.58. The van der Waals surface area contributed by atoms with Crippen LogP contribution in [0.1, 0.15) is 0 Å². The molecule has 0 aliphatic carbocycles. The lowest BCUT2D eigenvalue weighted by atomic mass is 10.4. The predicted octanol–water partition coefficient (Wildman–Crippen LogP) is 0.671. The summed E-state index contributed by atoms with van der Waals surface area (Å²) < 4.78 is 5.02. The molecule has 0 aliphatic heterocycles. The van der Waals surface area contributed by atoms with Gasteiger partial charge >= 0.3 is 0 Å². The van der Waals surface area contributed by atoms with E-state index in [9.17, 15) is 0 Å². The molecule has 2 aromatic rings. The van der Waals surface area contributed by atoms with Crippen molar-refractivity contribution in [1.82, 2.24) is 20.0 Å². The molecular weight excluding hydrogens is 168 g/mol. The number of hydrogen-bond acceptors (Lipinski definition) is 4. The molecule has 0 fully saturated rings. The Labute approximate surface area is 75.0 Å². The summed E-state index contributed by atoms with van der Waals surface area (Å²) in [5, 5.41) is 7.94. The molecule has 0 N–H and O–H groups in total. The molecule has 0 amide bonds. The van der Waals surface area contributed by atoms with Crippen molar-refractivity contribution in [2.75, 3.05) is 7.11 Å². The number of methoxy groups -OCH3 is 1. The Kier molecular flexibility index (Phi) is 1.91. The highest BCUT2D eigenvalue weighted by atomic mass is 16.5. The molecule has 13 heavy (non-hydrogen) atoms. The first-order valence-electron chi connectivity index (χ1n) is 3.76. The summed E-state index contributed by atoms with van der Waals surface area (Å²) in [5.41, 5.74) is 0.782. The van der Waals surface area contributed by atoms with E-state index in [-0.39, 0.29) is 0 Å². The summed E-state index contributed by atoms with van der Waals surface area (Å²) in [5.74, 6) is 0.690. The standard InChI is InChI=1S/C8H8N4O/c1-13-8-4-7(5-9-6-8)12-10-2-3-11-12/h2-6H,1H3. The van der Waals surface area contributed by atoms with Gasteiger partial charge in [0.1, 0.15) is 11.4 Å². The normalized spacial score (nSPS) is 9.92. The molecule has 0 saturated carbocycles. The Balaban J connectivity index is 2.41. The van der Waals surface area contributed by atoms with E-state index in [0.717, 1.165) is 5.69 Å². The van der Waals surface area contributed by atoms with Crippen molar-refractivity contribution in [3.63, 3.8) is 0 Å². The molecule has 66 valence electrons. The zero-order chi connectivity index (χ0) is 9.10. The van der Waals surface area contributed by atoms with Gasteiger partial charge in [-0.3, -0.25) is 4.98 Å². The average Bonchev–Trinajstić information content (AvgIpc) is 2.71. The number of pyridine rings is 1. The minimum atomic E-state index is 0.690. The summed E-state index contributed by atoms with van der Waals surface area (Å²) in [6.07, 6.45) is 6.52. The number of hydrogen-bond donors (Lipinski definition) is 0. The summed E-state index contributed by atoms with van der Waals surface area (Å²) in [4.78, 5) is 5.47. The van der Waals surface area contributed by atoms with E-state index in [2.05, 4.69) is 15.2 Å². The first-order chi connectivity index (χ1) is 6.40. The lowest BCUT2D eigenvalue weighted by Crippen LogP contribution is -1.99. The molecule has 2 aromatic heterocycles. The maximum absolute atomic E-state index is 5.02. The second kappa shape index (κ2) is 3.22.